The maximum Gasteiger partial charge on any atom is 0.416 e. The van der Waals surface area contributed by atoms with Gasteiger partial charge in [0, 0.05) is 19.6 Å². The number of hydrogen-bond donors (Lipinski definition) is 1. The molecule has 1 heterocycles. The van der Waals surface area contributed by atoms with Crippen molar-refractivity contribution in [2.75, 3.05) is 29.9 Å². The molecule has 0 aliphatic carbocycles. The van der Waals surface area contributed by atoms with Crippen LogP contribution in [0, 0.1) is 17.2 Å². The Hall–Kier alpha value is -1.97. The number of aromatic nitrogens is 1. The first kappa shape index (κ1) is 17.1. The van der Waals surface area contributed by atoms with Gasteiger partial charge in [-0.05, 0) is 32.9 Å². The fraction of sp³-hybridized carbons (Fsp3) is 0.571. The van der Waals surface area contributed by atoms with Gasteiger partial charge in [-0.25, -0.2) is 4.98 Å². The van der Waals surface area contributed by atoms with Gasteiger partial charge in [0.1, 0.15) is 11.6 Å². The van der Waals surface area contributed by atoms with Crippen molar-refractivity contribution in [2.24, 2.45) is 5.92 Å². The third-order valence-corrected chi connectivity index (χ3v) is 2.92. The quantitative estimate of drug-likeness (QED) is 0.873. The van der Waals surface area contributed by atoms with Crippen LogP contribution in [0.15, 0.2) is 12.1 Å². The molecule has 1 unspecified atom stereocenters. The average Bonchev–Trinajstić information content (AvgIpc) is 2.43. The summed E-state index contributed by atoms with van der Waals surface area (Å²) in [5, 5.41) is 11.7. The van der Waals surface area contributed by atoms with Crippen LogP contribution in [0.3, 0.4) is 0 Å². The fourth-order valence-electron chi connectivity index (χ4n) is 1.87. The maximum atomic E-state index is 13.0. The van der Waals surface area contributed by atoms with Gasteiger partial charge in [0.15, 0.2) is 0 Å². The molecule has 0 radical (unpaired) electrons. The van der Waals surface area contributed by atoms with Gasteiger partial charge in [-0.1, -0.05) is 0 Å². The number of alkyl halides is 3. The first-order chi connectivity index (χ1) is 9.81. The third kappa shape index (κ3) is 4.81. The van der Waals surface area contributed by atoms with Crippen LogP contribution in [0.25, 0.3) is 0 Å². The zero-order chi connectivity index (χ0) is 16.0. The van der Waals surface area contributed by atoms with Crippen molar-refractivity contribution < 1.29 is 13.2 Å². The highest BCUT2D eigenvalue weighted by Crippen LogP contribution is 2.33. The Morgan fingerprint density at radius 2 is 2.05 bits per heavy atom. The minimum atomic E-state index is -4.43. The van der Waals surface area contributed by atoms with Crippen LogP contribution in [0.5, 0.6) is 0 Å². The number of anilines is 2. The van der Waals surface area contributed by atoms with E-state index in [4.69, 9.17) is 5.26 Å². The normalized spacial score (nSPS) is 12.6. The van der Waals surface area contributed by atoms with Crippen molar-refractivity contribution in [3.63, 3.8) is 0 Å². The molecule has 1 aromatic heterocycles. The molecule has 0 saturated carbocycles. The van der Waals surface area contributed by atoms with Gasteiger partial charge < -0.3 is 10.2 Å². The van der Waals surface area contributed by atoms with Gasteiger partial charge in [-0.3, -0.25) is 0 Å². The summed E-state index contributed by atoms with van der Waals surface area (Å²) < 4.78 is 38.9. The lowest BCUT2D eigenvalue weighted by atomic mass is 10.2. The molecule has 0 spiro atoms. The Morgan fingerprint density at radius 1 is 1.38 bits per heavy atom. The van der Waals surface area contributed by atoms with Crippen LogP contribution in [-0.4, -0.2) is 24.6 Å². The van der Waals surface area contributed by atoms with E-state index in [1.54, 1.807) is 18.7 Å². The van der Waals surface area contributed by atoms with Crippen LogP contribution in [0.1, 0.15) is 26.3 Å². The smallest absolute Gasteiger partial charge is 0.370 e. The standard InChI is InChI=1S/C14H19F3N4/c1-4-19-12-6-11(14(15,16)17)7-13(20-12)21(5-2)9-10(3)8-18/h6-7,10H,4-5,9H2,1-3H3,(H,19,20). The number of halogens is 3. The molecule has 116 valence electrons. The highest BCUT2D eigenvalue weighted by molar-refractivity contribution is 5.51. The largest absolute Gasteiger partial charge is 0.416 e. The van der Waals surface area contributed by atoms with Crippen LogP contribution < -0.4 is 10.2 Å². The van der Waals surface area contributed by atoms with Crippen molar-refractivity contribution in [2.45, 2.75) is 26.9 Å². The first-order valence-electron chi connectivity index (χ1n) is 6.79. The van der Waals surface area contributed by atoms with Crippen LogP contribution in [0.4, 0.5) is 24.8 Å². The number of rotatable bonds is 6. The molecule has 0 amide bonds. The first-order valence-corrected chi connectivity index (χ1v) is 6.79. The Bertz CT molecular complexity index is 508. The number of nitriles is 1. The van der Waals surface area contributed by atoms with E-state index < -0.39 is 11.7 Å². The van der Waals surface area contributed by atoms with E-state index in [1.807, 2.05) is 6.92 Å². The summed E-state index contributed by atoms with van der Waals surface area (Å²) in [5.74, 6) is 0.125. The minimum absolute atomic E-state index is 0.186. The number of pyridine rings is 1. The lowest BCUT2D eigenvalue weighted by Gasteiger charge is -2.24. The van der Waals surface area contributed by atoms with Crippen molar-refractivity contribution in [3.8, 4) is 6.07 Å². The van der Waals surface area contributed by atoms with Crippen molar-refractivity contribution in [3.05, 3.63) is 17.7 Å². The van der Waals surface area contributed by atoms with E-state index in [-0.39, 0.29) is 17.6 Å². The Balaban J connectivity index is 3.20. The zero-order valence-electron chi connectivity index (χ0n) is 12.3. The van der Waals surface area contributed by atoms with Crippen molar-refractivity contribution in [1.82, 2.24) is 4.98 Å². The molecule has 0 fully saturated rings. The van der Waals surface area contributed by atoms with Crippen LogP contribution in [0.2, 0.25) is 0 Å². The predicted octanol–water partition coefficient (Wildman–Crippen LogP) is 3.52. The van der Waals surface area contributed by atoms with E-state index in [0.29, 0.717) is 19.6 Å². The van der Waals surface area contributed by atoms with E-state index in [9.17, 15) is 13.2 Å². The molecule has 0 aromatic carbocycles. The summed E-state index contributed by atoms with van der Waals surface area (Å²) in [6.45, 7) is 6.63. The molecule has 21 heavy (non-hydrogen) atoms. The monoisotopic (exact) mass is 300 g/mol. The van der Waals surface area contributed by atoms with Crippen LogP contribution in [-0.2, 0) is 6.18 Å². The second kappa shape index (κ2) is 7.16. The Labute approximate surface area is 122 Å². The summed E-state index contributed by atoms with van der Waals surface area (Å²) in [6.07, 6.45) is -4.43. The second-order valence-corrected chi connectivity index (χ2v) is 4.70. The molecule has 0 bridgehead atoms. The van der Waals surface area contributed by atoms with Crippen molar-refractivity contribution >= 4 is 11.6 Å². The number of nitrogens with zero attached hydrogens (tertiary/aromatic N) is 3. The van der Waals surface area contributed by atoms with Gasteiger partial charge in [-0.15, -0.1) is 0 Å². The topological polar surface area (TPSA) is 52.0 Å². The van der Waals surface area contributed by atoms with Gasteiger partial charge >= 0.3 is 6.18 Å². The number of nitrogens with one attached hydrogen (secondary N) is 1. The van der Waals surface area contributed by atoms with Gasteiger partial charge in [0.2, 0.25) is 0 Å². The highest BCUT2D eigenvalue weighted by Gasteiger charge is 2.32. The lowest BCUT2D eigenvalue weighted by molar-refractivity contribution is -0.137. The fourth-order valence-corrected chi connectivity index (χ4v) is 1.87. The lowest BCUT2D eigenvalue weighted by Crippen LogP contribution is -2.29. The van der Waals surface area contributed by atoms with E-state index in [2.05, 4.69) is 16.4 Å². The third-order valence-electron chi connectivity index (χ3n) is 2.92. The molecule has 1 N–H and O–H groups in total. The van der Waals surface area contributed by atoms with Crippen LogP contribution >= 0.6 is 0 Å². The molecule has 0 saturated heterocycles. The van der Waals surface area contributed by atoms with E-state index in [0.717, 1.165) is 12.1 Å². The van der Waals surface area contributed by atoms with E-state index >= 15 is 0 Å². The SMILES string of the molecule is CCNc1cc(C(F)(F)F)cc(N(CC)CC(C)C#N)n1. The molecule has 0 aliphatic rings. The number of hydrogen-bond acceptors (Lipinski definition) is 4. The molecule has 4 nitrogen and oxygen atoms in total. The van der Waals surface area contributed by atoms with E-state index in [1.165, 1.54) is 0 Å². The molecule has 1 atom stereocenters. The minimum Gasteiger partial charge on any atom is -0.370 e. The average molecular weight is 300 g/mol. The zero-order valence-corrected chi connectivity index (χ0v) is 12.3. The van der Waals surface area contributed by atoms with Gasteiger partial charge in [0.25, 0.3) is 0 Å². The molecule has 0 aliphatic heterocycles. The molecule has 1 rings (SSSR count). The van der Waals surface area contributed by atoms with Crippen molar-refractivity contribution in [1.29, 1.82) is 5.26 Å². The Kier molecular flexibility index (Phi) is 5.82. The summed E-state index contributed by atoms with van der Waals surface area (Å²) in [6, 6.07) is 4.09. The molecule has 1 aromatic rings. The highest BCUT2D eigenvalue weighted by atomic mass is 19.4. The summed E-state index contributed by atoms with van der Waals surface area (Å²) in [4.78, 5) is 5.87. The molecular formula is C14H19F3N4. The maximum absolute atomic E-state index is 13.0. The second-order valence-electron chi connectivity index (χ2n) is 4.70. The molecular weight excluding hydrogens is 281 g/mol. The summed E-state index contributed by atoms with van der Waals surface area (Å²) in [7, 11) is 0. The van der Waals surface area contributed by atoms with Gasteiger partial charge in [0.05, 0.1) is 17.6 Å². The molecule has 7 heteroatoms. The van der Waals surface area contributed by atoms with Gasteiger partial charge in [-0.2, -0.15) is 18.4 Å². The predicted molar refractivity (Wildman–Crippen MR) is 76.1 cm³/mol. The summed E-state index contributed by atoms with van der Waals surface area (Å²) in [5.41, 5.74) is -0.744. The Morgan fingerprint density at radius 3 is 2.52 bits per heavy atom. The summed E-state index contributed by atoms with van der Waals surface area (Å²) >= 11 is 0.